The first-order chi connectivity index (χ1) is 18.0. The van der Waals surface area contributed by atoms with Gasteiger partial charge in [0, 0.05) is 12.6 Å². The van der Waals surface area contributed by atoms with Gasteiger partial charge in [-0.2, -0.15) is 0 Å². The van der Waals surface area contributed by atoms with Crippen LogP contribution in [0, 0.1) is 0 Å². The van der Waals surface area contributed by atoms with Crippen LogP contribution in [-0.2, 0) is 29.0 Å². The van der Waals surface area contributed by atoms with E-state index in [1.165, 1.54) is 5.56 Å². The lowest BCUT2D eigenvalue weighted by atomic mass is 9.87. The van der Waals surface area contributed by atoms with E-state index >= 15 is 0 Å². The average Bonchev–Trinajstić information content (AvgIpc) is 2.95. The summed E-state index contributed by atoms with van der Waals surface area (Å²) in [6.07, 6.45) is 1.45. The molecule has 0 bridgehead atoms. The van der Waals surface area contributed by atoms with E-state index < -0.39 is 6.04 Å². The molecule has 0 amide bonds. The third kappa shape index (κ3) is 5.83. The number of hydrogen-bond acceptors (Lipinski definition) is 7. The second-order valence-corrected chi connectivity index (χ2v) is 9.07. The van der Waals surface area contributed by atoms with Crippen LogP contribution in [0.2, 0.25) is 0 Å². The van der Waals surface area contributed by atoms with Crippen molar-refractivity contribution in [3.8, 4) is 23.0 Å². The average molecular weight is 506 g/mol. The van der Waals surface area contributed by atoms with Crippen molar-refractivity contribution in [2.24, 2.45) is 0 Å². The molecule has 3 aromatic rings. The summed E-state index contributed by atoms with van der Waals surface area (Å²) in [5.74, 6) is 2.47. The maximum atomic E-state index is 13.2. The summed E-state index contributed by atoms with van der Waals surface area (Å²) >= 11 is 0. The van der Waals surface area contributed by atoms with Crippen LogP contribution in [0.4, 0.5) is 0 Å². The van der Waals surface area contributed by atoms with Gasteiger partial charge >= 0.3 is 5.97 Å². The van der Waals surface area contributed by atoms with Gasteiger partial charge in [-0.15, -0.1) is 0 Å². The molecule has 37 heavy (non-hydrogen) atoms. The van der Waals surface area contributed by atoms with Gasteiger partial charge in [0.1, 0.15) is 12.6 Å². The molecule has 0 N–H and O–H groups in total. The van der Waals surface area contributed by atoms with Crippen molar-refractivity contribution in [2.45, 2.75) is 38.5 Å². The standard InChI is InChI=1S/C30H35NO6/c1-20(30(32)37-19-21-9-7-6-8-10-21)31-14-13-23-17-28(35-4)29(36-5)18-24(23)25(31)15-22-11-12-26(33-2)27(16-22)34-3/h6-12,16-18,20,25H,13-15,19H2,1-5H3/t20?,25-/m1/s1. The SMILES string of the molecule is COc1ccc(C[C@@H]2c3cc(OC)c(OC)cc3CCN2C(C)C(=O)OCc2ccccc2)cc1OC. The Labute approximate surface area is 218 Å². The first kappa shape index (κ1) is 26.4. The van der Waals surface area contributed by atoms with Crippen molar-refractivity contribution in [1.82, 2.24) is 4.90 Å². The number of rotatable bonds is 10. The highest BCUT2D eigenvalue weighted by atomic mass is 16.5. The number of hydrogen-bond donors (Lipinski definition) is 0. The monoisotopic (exact) mass is 505 g/mol. The Bertz CT molecular complexity index is 1210. The zero-order valence-corrected chi connectivity index (χ0v) is 22.2. The predicted molar refractivity (Wildman–Crippen MR) is 142 cm³/mol. The second kappa shape index (κ2) is 12.0. The quantitative estimate of drug-likeness (QED) is 0.360. The molecule has 1 aliphatic rings. The molecule has 196 valence electrons. The van der Waals surface area contributed by atoms with Crippen molar-refractivity contribution in [3.05, 3.63) is 82.9 Å². The smallest absolute Gasteiger partial charge is 0.323 e. The van der Waals surface area contributed by atoms with E-state index in [9.17, 15) is 4.79 Å². The highest BCUT2D eigenvalue weighted by Crippen LogP contribution is 2.41. The zero-order valence-electron chi connectivity index (χ0n) is 22.2. The van der Waals surface area contributed by atoms with Crippen molar-refractivity contribution in [1.29, 1.82) is 0 Å². The normalized spacial score (nSPS) is 15.9. The lowest BCUT2D eigenvalue weighted by Crippen LogP contribution is -2.46. The van der Waals surface area contributed by atoms with Crippen LogP contribution >= 0.6 is 0 Å². The first-order valence-electron chi connectivity index (χ1n) is 12.4. The summed E-state index contributed by atoms with van der Waals surface area (Å²) in [7, 11) is 6.54. The highest BCUT2D eigenvalue weighted by Gasteiger charge is 2.35. The zero-order chi connectivity index (χ0) is 26.4. The fourth-order valence-corrected chi connectivity index (χ4v) is 4.95. The molecule has 0 fully saturated rings. The minimum Gasteiger partial charge on any atom is -0.493 e. The van der Waals surface area contributed by atoms with Crippen LogP contribution in [0.25, 0.3) is 0 Å². The van der Waals surface area contributed by atoms with E-state index in [0.29, 0.717) is 36.0 Å². The summed E-state index contributed by atoms with van der Waals surface area (Å²) in [5.41, 5.74) is 4.33. The van der Waals surface area contributed by atoms with Crippen molar-refractivity contribution >= 4 is 5.97 Å². The number of nitrogens with zero attached hydrogens (tertiary/aromatic N) is 1. The molecule has 0 spiro atoms. The number of ether oxygens (including phenoxy) is 5. The number of methoxy groups -OCH3 is 4. The molecule has 0 aromatic heterocycles. The van der Waals surface area contributed by atoms with Gasteiger partial charge in [-0.3, -0.25) is 9.69 Å². The first-order valence-corrected chi connectivity index (χ1v) is 12.4. The molecular weight excluding hydrogens is 470 g/mol. The predicted octanol–water partition coefficient (Wildman–Crippen LogP) is 4.99. The second-order valence-electron chi connectivity index (χ2n) is 9.07. The molecule has 0 saturated heterocycles. The molecule has 7 nitrogen and oxygen atoms in total. The van der Waals surface area contributed by atoms with Gasteiger partial charge in [-0.1, -0.05) is 36.4 Å². The Morgan fingerprint density at radius 2 is 1.49 bits per heavy atom. The Kier molecular flexibility index (Phi) is 8.56. The molecule has 3 aromatic carbocycles. The van der Waals surface area contributed by atoms with E-state index in [-0.39, 0.29) is 18.6 Å². The molecule has 1 unspecified atom stereocenters. The van der Waals surface area contributed by atoms with Crippen molar-refractivity contribution < 1.29 is 28.5 Å². The number of fused-ring (bicyclic) bond motifs is 1. The number of benzene rings is 3. The molecule has 2 atom stereocenters. The van der Waals surface area contributed by atoms with Crippen LogP contribution in [0.5, 0.6) is 23.0 Å². The van der Waals surface area contributed by atoms with Crippen LogP contribution in [0.3, 0.4) is 0 Å². The van der Waals surface area contributed by atoms with Gasteiger partial charge in [0.2, 0.25) is 0 Å². The van der Waals surface area contributed by atoms with E-state index in [1.54, 1.807) is 28.4 Å². The molecule has 4 rings (SSSR count). The summed E-state index contributed by atoms with van der Waals surface area (Å²) in [6.45, 7) is 2.88. The fraction of sp³-hybridized carbons (Fsp3) is 0.367. The molecule has 7 heteroatoms. The Morgan fingerprint density at radius 1 is 0.838 bits per heavy atom. The van der Waals surface area contributed by atoms with Crippen LogP contribution in [0.15, 0.2) is 60.7 Å². The van der Waals surface area contributed by atoms with Gasteiger partial charge in [0.25, 0.3) is 0 Å². The molecule has 0 aliphatic carbocycles. The van der Waals surface area contributed by atoms with Gasteiger partial charge < -0.3 is 23.7 Å². The summed E-state index contributed by atoms with van der Waals surface area (Å²) < 4.78 is 27.9. The molecule has 0 radical (unpaired) electrons. The minimum absolute atomic E-state index is 0.0825. The van der Waals surface area contributed by atoms with E-state index in [1.807, 2.05) is 67.6 Å². The van der Waals surface area contributed by atoms with Gasteiger partial charge in [-0.25, -0.2) is 0 Å². The Hall–Kier alpha value is -3.71. The number of carbonyl (C=O) groups excluding carboxylic acids is 1. The fourth-order valence-electron chi connectivity index (χ4n) is 4.95. The van der Waals surface area contributed by atoms with Gasteiger partial charge in [0.05, 0.1) is 28.4 Å². The molecule has 1 heterocycles. The van der Waals surface area contributed by atoms with Gasteiger partial charge in [0.15, 0.2) is 23.0 Å². The molecule has 0 saturated carbocycles. The number of esters is 1. The van der Waals surface area contributed by atoms with Gasteiger partial charge in [-0.05, 0) is 66.3 Å². The van der Waals surface area contributed by atoms with E-state index in [2.05, 4.69) is 4.90 Å². The lowest BCUT2D eigenvalue weighted by Gasteiger charge is -2.40. The Balaban J connectivity index is 1.65. The summed E-state index contributed by atoms with van der Waals surface area (Å²) in [6, 6.07) is 19.2. The number of carbonyl (C=O) groups is 1. The minimum atomic E-state index is -0.435. The highest BCUT2D eigenvalue weighted by molar-refractivity contribution is 5.75. The van der Waals surface area contributed by atoms with E-state index in [0.717, 1.165) is 23.1 Å². The lowest BCUT2D eigenvalue weighted by molar-refractivity contribution is -0.152. The van der Waals surface area contributed by atoms with E-state index in [4.69, 9.17) is 23.7 Å². The van der Waals surface area contributed by atoms with Crippen molar-refractivity contribution in [3.63, 3.8) is 0 Å². The van der Waals surface area contributed by atoms with Crippen LogP contribution in [0.1, 0.15) is 35.2 Å². The summed E-state index contributed by atoms with van der Waals surface area (Å²) in [5, 5.41) is 0. The summed E-state index contributed by atoms with van der Waals surface area (Å²) in [4.78, 5) is 15.4. The van der Waals surface area contributed by atoms with Crippen LogP contribution in [-0.4, -0.2) is 51.9 Å². The Morgan fingerprint density at radius 3 is 2.16 bits per heavy atom. The largest absolute Gasteiger partial charge is 0.493 e. The van der Waals surface area contributed by atoms with Crippen molar-refractivity contribution in [2.75, 3.05) is 35.0 Å². The third-order valence-electron chi connectivity index (χ3n) is 6.98. The third-order valence-corrected chi connectivity index (χ3v) is 6.98. The molecular formula is C30H35NO6. The molecule has 1 aliphatic heterocycles. The maximum Gasteiger partial charge on any atom is 0.323 e. The maximum absolute atomic E-state index is 13.2. The van der Waals surface area contributed by atoms with Crippen LogP contribution < -0.4 is 18.9 Å². The topological polar surface area (TPSA) is 66.5 Å².